The quantitative estimate of drug-likeness (QED) is 0.838. The molecule has 16 heavy (non-hydrogen) atoms. The Hall–Kier alpha value is -1.88. The average Bonchev–Trinajstić information content (AvgIpc) is 2.76. The first kappa shape index (κ1) is 10.6. The number of carbonyl (C=O) groups is 1. The van der Waals surface area contributed by atoms with E-state index in [1.807, 2.05) is 13.0 Å². The van der Waals surface area contributed by atoms with Crippen LogP contribution in [-0.2, 0) is 0 Å². The zero-order valence-electron chi connectivity index (χ0n) is 8.49. The molecule has 6 heteroatoms. The fraction of sp³-hybridized carbons (Fsp3) is 0.100. The number of carbonyl (C=O) groups excluding carboxylic acids is 1. The van der Waals surface area contributed by atoms with Gasteiger partial charge < -0.3 is 5.32 Å². The summed E-state index contributed by atoms with van der Waals surface area (Å²) in [7, 11) is 0. The van der Waals surface area contributed by atoms with Crippen LogP contribution < -0.4 is 5.32 Å². The minimum Gasteiger partial charge on any atom is -0.319 e. The lowest BCUT2D eigenvalue weighted by molar-refractivity contribution is 0.102. The van der Waals surface area contributed by atoms with Gasteiger partial charge in [0, 0.05) is 0 Å². The SMILES string of the molecule is Cc1ccc(Cl)c(NC(=O)c2cn[nH]n2)c1. The number of aromatic nitrogens is 3. The van der Waals surface area contributed by atoms with Gasteiger partial charge in [-0.2, -0.15) is 15.4 Å². The Bertz CT molecular complexity index is 510. The fourth-order valence-corrected chi connectivity index (χ4v) is 1.40. The summed E-state index contributed by atoms with van der Waals surface area (Å²) in [4.78, 5) is 11.6. The summed E-state index contributed by atoms with van der Waals surface area (Å²) < 4.78 is 0. The number of hydrogen-bond donors (Lipinski definition) is 2. The summed E-state index contributed by atoms with van der Waals surface area (Å²) in [5, 5.41) is 12.7. The minimum absolute atomic E-state index is 0.220. The molecule has 1 heterocycles. The van der Waals surface area contributed by atoms with E-state index in [1.165, 1.54) is 6.20 Å². The number of aromatic amines is 1. The number of nitrogens with zero attached hydrogens (tertiary/aromatic N) is 2. The molecule has 2 rings (SSSR count). The van der Waals surface area contributed by atoms with Crippen molar-refractivity contribution in [2.75, 3.05) is 5.32 Å². The van der Waals surface area contributed by atoms with Crippen molar-refractivity contribution >= 4 is 23.2 Å². The minimum atomic E-state index is -0.346. The van der Waals surface area contributed by atoms with E-state index in [0.29, 0.717) is 10.7 Å². The Labute approximate surface area is 96.8 Å². The number of H-pyrrole nitrogens is 1. The summed E-state index contributed by atoms with van der Waals surface area (Å²) >= 11 is 5.94. The molecule has 0 atom stereocenters. The number of anilines is 1. The third-order valence-corrected chi connectivity index (χ3v) is 2.35. The predicted octanol–water partition coefficient (Wildman–Crippen LogP) is 2.02. The van der Waals surface area contributed by atoms with Crippen molar-refractivity contribution in [1.82, 2.24) is 15.4 Å². The van der Waals surface area contributed by atoms with Crippen LogP contribution in [-0.4, -0.2) is 21.3 Å². The molecule has 0 saturated heterocycles. The highest BCUT2D eigenvalue weighted by molar-refractivity contribution is 6.33. The topological polar surface area (TPSA) is 70.7 Å². The van der Waals surface area contributed by atoms with Crippen molar-refractivity contribution in [3.63, 3.8) is 0 Å². The van der Waals surface area contributed by atoms with Crippen LogP contribution in [0.5, 0.6) is 0 Å². The maximum absolute atomic E-state index is 11.6. The van der Waals surface area contributed by atoms with E-state index in [2.05, 4.69) is 20.7 Å². The monoisotopic (exact) mass is 236 g/mol. The normalized spacial score (nSPS) is 10.1. The van der Waals surface area contributed by atoms with Gasteiger partial charge in [0.2, 0.25) is 0 Å². The van der Waals surface area contributed by atoms with Crippen molar-refractivity contribution < 1.29 is 4.79 Å². The van der Waals surface area contributed by atoms with Gasteiger partial charge in [0.25, 0.3) is 5.91 Å². The second-order valence-electron chi connectivity index (χ2n) is 3.29. The molecule has 1 amide bonds. The van der Waals surface area contributed by atoms with Gasteiger partial charge in [0.15, 0.2) is 5.69 Å². The molecule has 0 saturated carbocycles. The van der Waals surface area contributed by atoms with Crippen LogP contribution in [0.25, 0.3) is 0 Å². The highest BCUT2D eigenvalue weighted by atomic mass is 35.5. The third-order valence-electron chi connectivity index (χ3n) is 2.02. The molecule has 82 valence electrons. The highest BCUT2D eigenvalue weighted by Crippen LogP contribution is 2.22. The number of nitrogens with one attached hydrogen (secondary N) is 2. The van der Waals surface area contributed by atoms with Gasteiger partial charge in [-0.05, 0) is 24.6 Å². The van der Waals surface area contributed by atoms with E-state index in [9.17, 15) is 4.79 Å². The molecule has 0 fully saturated rings. The van der Waals surface area contributed by atoms with Crippen molar-refractivity contribution in [1.29, 1.82) is 0 Å². The Kier molecular flexibility index (Phi) is 2.87. The van der Waals surface area contributed by atoms with Gasteiger partial charge in [-0.1, -0.05) is 17.7 Å². The van der Waals surface area contributed by atoms with Crippen LogP contribution in [0, 0.1) is 6.92 Å². The molecular formula is C10H9ClN4O. The van der Waals surface area contributed by atoms with Crippen molar-refractivity contribution in [3.8, 4) is 0 Å². The van der Waals surface area contributed by atoms with Crippen LogP contribution in [0.2, 0.25) is 5.02 Å². The van der Waals surface area contributed by atoms with E-state index in [-0.39, 0.29) is 11.6 Å². The molecule has 0 radical (unpaired) electrons. The van der Waals surface area contributed by atoms with Gasteiger partial charge in [-0.25, -0.2) is 0 Å². The van der Waals surface area contributed by atoms with Gasteiger partial charge in [0.1, 0.15) is 0 Å². The first-order valence-corrected chi connectivity index (χ1v) is 4.98. The van der Waals surface area contributed by atoms with Crippen LogP contribution in [0.3, 0.4) is 0 Å². The number of amides is 1. The Balaban J connectivity index is 2.21. The number of benzene rings is 1. The maximum atomic E-state index is 11.6. The number of aryl methyl sites for hydroxylation is 1. The maximum Gasteiger partial charge on any atom is 0.277 e. The second-order valence-corrected chi connectivity index (χ2v) is 3.70. The Morgan fingerprint density at radius 2 is 2.31 bits per heavy atom. The molecule has 0 unspecified atom stereocenters. The lowest BCUT2D eigenvalue weighted by Crippen LogP contribution is -2.12. The number of rotatable bonds is 2. The highest BCUT2D eigenvalue weighted by Gasteiger charge is 2.10. The van der Waals surface area contributed by atoms with E-state index >= 15 is 0 Å². The van der Waals surface area contributed by atoms with E-state index < -0.39 is 0 Å². The molecule has 0 aliphatic carbocycles. The summed E-state index contributed by atoms with van der Waals surface area (Å²) in [6.45, 7) is 1.92. The molecule has 0 aliphatic heterocycles. The molecular weight excluding hydrogens is 228 g/mol. The largest absolute Gasteiger partial charge is 0.319 e. The zero-order valence-corrected chi connectivity index (χ0v) is 9.25. The second kappa shape index (κ2) is 4.32. The van der Waals surface area contributed by atoms with Crippen LogP contribution >= 0.6 is 11.6 Å². The average molecular weight is 237 g/mol. The Morgan fingerprint density at radius 3 is 3.00 bits per heavy atom. The summed E-state index contributed by atoms with van der Waals surface area (Å²) in [6, 6.07) is 5.39. The van der Waals surface area contributed by atoms with E-state index in [1.54, 1.807) is 12.1 Å². The summed E-state index contributed by atoms with van der Waals surface area (Å²) in [5.41, 5.74) is 1.80. The molecule has 0 spiro atoms. The first-order chi connectivity index (χ1) is 7.66. The molecule has 5 nitrogen and oxygen atoms in total. The molecule has 0 aliphatic rings. The lowest BCUT2D eigenvalue weighted by Gasteiger charge is -2.06. The standard InChI is InChI=1S/C10H9ClN4O/c1-6-2-3-7(11)8(4-6)13-10(16)9-5-12-15-14-9/h2-5H,1H3,(H,13,16)(H,12,14,15). The summed E-state index contributed by atoms with van der Waals surface area (Å²) in [6.07, 6.45) is 1.35. The van der Waals surface area contributed by atoms with Crippen LogP contribution in [0.15, 0.2) is 24.4 Å². The molecule has 0 bridgehead atoms. The molecule has 1 aromatic carbocycles. The zero-order chi connectivity index (χ0) is 11.5. The molecule has 2 aromatic rings. The lowest BCUT2D eigenvalue weighted by atomic mass is 10.2. The number of hydrogen-bond acceptors (Lipinski definition) is 3. The van der Waals surface area contributed by atoms with Crippen LogP contribution in [0.4, 0.5) is 5.69 Å². The molecule has 1 aromatic heterocycles. The van der Waals surface area contributed by atoms with Crippen molar-refractivity contribution in [2.24, 2.45) is 0 Å². The van der Waals surface area contributed by atoms with Gasteiger partial charge >= 0.3 is 0 Å². The molecule has 2 N–H and O–H groups in total. The van der Waals surface area contributed by atoms with Crippen molar-refractivity contribution in [3.05, 3.63) is 40.7 Å². The number of halogens is 1. The van der Waals surface area contributed by atoms with E-state index in [0.717, 1.165) is 5.56 Å². The van der Waals surface area contributed by atoms with Crippen molar-refractivity contribution in [2.45, 2.75) is 6.92 Å². The predicted molar refractivity (Wildman–Crippen MR) is 60.5 cm³/mol. The van der Waals surface area contributed by atoms with Gasteiger partial charge in [-0.3, -0.25) is 4.79 Å². The van der Waals surface area contributed by atoms with Gasteiger partial charge in [0.05, 0.1) is 16.9 Å². The Morgan fingerprint density at radius 1 is 1.50 bits per heavy atom. The smallest absolute Gasteiger partial charge is 0.277 e. The van der Waals surface area contributed by atoms with Gasteiger partial charge in [-0.15, -0.1) is 0 Å². The fourth-order valence-electron chi connectivity index (χ4n) is 1.23. The van der Waals surface area contributed by atoms with E-state index in [4.69, 9.17) is 11.6 Å². The third kappa shape index (κ3) is 2.20. The summed E-state index contributed by atoms with van der Waals surface area (Å²) in [5.74, 6) is -0.346. The first-order valence-electron chi connectivity index (χ1n) is 4.60. The van der Waals surface area contributed by atoms with Crippen LogP contribution in [0.1, 0.15) is 16.1 Å².